The topological polar surface area (TPSA) is 120 Å². The Hall–Kier alpha value is -3.29. The molecular weight excluding hydrogens is 310 g/mol. The number of H-pyrrole nitrogens is 2. The molecule has 1 heterocycles. The van der Waals surface area contributed by atoms with E-state index >= 15 is 0 Å². The quantitative estimate of drug-likeness (QED) is 0.531. The van der Waals surface area contributed by atoms with Gasteiger partial charge < -0.3 is 0 Å². The highest BCUT2D eigenvalue weighted by Gasteiger charge is 2.06. The van der Waals surface area contributed by atoms with Crippen molar-refractivity contribution in [2.75, 3.05) is 0 Å². The molecule has 0 aliphatic carbocycles. The van der Waals surface area contributed by atoms with Crippen LogP contribution in [0.25, 0.3) is 6.08 Å². The largest absolute Gasteiger partial charge is 0.342 e. The smallest absolute Gasteiger partial charge is 0.273 e. The van der Waals surface area contributed by atoms with Crippen LogP contribution in [0.4, 0.5) is 0 Å². The van der Waals surface area contributed by atoms with Gasteiger partial charge in [0.15, 0.2) is 0 Å². The van der Waals surface area contributed by atoms with Crippen molar-refractivity contribution < 1.29 is 4.79 Å². The summed E-state index contributed by atoms with van der Waals surface area (Å²) in [5, 5.41) is 9.67. The maximum Gasteiger partial charge on any atom is 0.342 e. The van der Waals surface area contributed by atoms with Crippen molar-refractivity contribution in [3.05, 3.63) is 68.5 Å². The van der Waals surface area contributed by atoms with Crippen molar-refractivity contribution in [3.63, 3.8) is 0 Å². The van der Waals surface area contributed by atoms with Crippen LogP contribution in [0.1, 0.15) is 24.6 Å². The second-order valence-electron chi connectivity index (χ2n) is 4.99. The van der Waals surface area contributed by atoms with Crippen molar-refractivity contribution in [1.29, 1.82) is 0 Å². The molecule has 2 aromatic rings. The number of carbonyl (C=O) groups is 1. The number of allylic oxidation sites excluding steroid dienone is 1. The predicted octanol–water partition coefficient (Wildman–Crippen LogP) is 0.596. The van der Waals surface area contributed by atoms with E-state index < -0.39 is 11.2 Å². The number of hydrogen-bond acceptors (Lipinski definition) is 5. The molecule has 0 aliphatic rings. The maximum atomic E-state index is 11.7. The average Bonchev–Trinajstić information content (AvgIpc) is 2.58. The highest BCUT2D eigenvalue weighted by Crippen LogP contribution is 2.01. The molecule has 8 nitrogen and oxygen atoms in total. The molecule has 0 aliphatic heterocycles. The Morgan fingerprint density at radius 2 is 2.04 bits per heavy atom. The molecule has 124 valence electrons. The molecule has 0 atom stereocenters. The highest BCUT2D eigenvalue weighted by atomic mass is 16.2. The van der Waals surface area contributed by atoms with Crippen LogP contribution < -0.4 is 16.7 Å². The lowest BCUT2D eigenvalue weighted by Gasteiger charge is -2.00. The number of nitrogens with one attached hydrogen (secondary N) is 3. The lowest BCUT2D eigenvalue weighted by Crippen LogP contribution is -2.28. The summed E-state index contributed by atoms with van der Waals surface area (Å²) in [5.41, 5.74) is 2.88. The number of aromatic amines is 2. The van der Waals surface area contributed by atoms with Crippen molar-refractivity contribution in [2.45, 2.75) is 19.8 Å². The molecule has 0 saturated carbocycles. The maximum absolute atomic E-state index is 11.7. The first-order chi connectivity index (χ1) is 11.5. The van der Waals surface area contributed by atoms with Crippen LogP contribution in [0.2, 0.25) is 0 Å². The number of benzene rings is 1. The first-order valence-electron chi connectivity index (χ1n) is 7.29. The average molecular weight is 327 g/mol. The summed E-state index contributed by atoms with van der Waals surface area (Å²) in [6.45, 7) is 1.76. The van der Waals surface area contributed by atoms with Gasteiger partial charge in [0.2, 0.25) is 5.91 Å². The molecule has 3 N–H and O–H groups in total. The van der Waals surface area contributed by atoms with Crippen LogP contribution in [0.15, 0.2) is 51.1 Å². The second-order valence-corrected chi connectivity index (χ2v) is 4.99. The molecule has 0 radical (unpaired) electrons. The SMILES string of the molecule is CC(/C=C\c1ccccc1)=N\NC(=O)CCc1n[nH]c(=O)[nH]c1=O. The Morgan fingerprint density at radius 1 is 1.29 bits per heavy atom. The van der Waals surface area contributed by atoms with Gasteiger partial charge in [-0.1, -0.05) is 36.4 Å². The third kappa shape index (κ3) is 5.48. The predicted molar refractivity (Wildman–Crippen MR) is 90.5 cm³/mol. The lowest BCUT2D eigenvalue weighted by molar-refractivity contribution is -0.121. The lowest BCUT2D eigenvalue weighted by atomic mass is 10.2. The Kier molecular flexibility index (Phi) is 5.95. The molecule has 0 spiro atoms. The Bertz CT molecular complexity index is 865. The van der Waals surface area contributed by atoms with Crippen LogP contribution in [-0.2, 0) is 11.2 Å². The molecule has 1 amide bonds. The van der Waals surface area contributed by atoms with Crippen molar-refractivity contribution in [1.82, 2.24) is 20.6 Å². The fourth-order valence-corrected chi connectivity index (χ4v) is 1.80. The highest BCUT2D eigenvalue weighted by molar-refractivity contribution is 5.96. The van der Waals surface area contributed by atoms with E-state index in [1.807, 2.05) is 41.4 Å². The van der Waals surface area contributed by atoms with E-state index in [2.05, 4.69) is 20.7 Å². The van der Waals surface area contributed by atoms with Crippen molar-refractivity contribution >= 4 is 17.7 Å². The van der Waals surface area contributed by atoms with E-state index in [0.29, 0.717) is 5.71 Å². The summed E-state index contributed by atoms with van der Waals surface area (Å²) >= 11 is 0. The molecule has 0 bridgehead atoms. The molecule has 8 heteroatoms. The number of aryl methyl sites for hydroxylation is 1. The van der Waals surface area contributed by atoms with Gasteiger partial charge in [0.1, 0.15) is 5.69 Å². The number of hydrogen-bond donors (Lipinski definition) is 3. The van der Waals surface area contributed by atoms with Crippen molar-refractivity contribution in [3.8, 4) is 0 Å². The minimum atomic E-state index is -0.682. The molecule has 1 aromatic carbocycles. The van der Waals surface area contributed by atoms with Gasteiger partial charge in [-0.15, -0.1) is 0 Å². The van der Waals surface area contributed by atoms with Gasteiger partial charge in [0.05, 0.1) is 5.71 Å². The van der Waals surface area contributed by atoms with E-state index in [9.17, 15) is 14.4 Å². The summed E-state index contributed by atoms with van der Waals surface area (Å²) < 4.78 is 0. The number of aromatic nitrogens is 3. The van der Waals surface area contributed by atoms with Gasteiger partial charge in [-0.05, 0) is 18.6 Å². The zero-order chi connectivity index (χ0) is 17.4. The molecule has 0 unspecified atom stereocenters. The summed E-state index contributed by atoms with van der Waals surface area (Å²) in [5.74, 6) is -0.352. The number of amides is 1. The third-order valence-corrected chi connectivity index (χ3v) is 3.04. The van der Waals surface area contributed by atoms with Gasteiger partial charge in [0, 0.05) is 12.8 Å². The Balaban J connectivity index is 1.84. The minimum absolute atomic E-state index is 0.0291. The van der Waals surface area contributed by atoms with Crippen LogP contribution in [0.3, 0.4) is 0 Å². The van der Waals surface area contributed by atoms with Gasteiger partial charge in [-0.2, -0.15) is 10.2 Å². The fraction of sp³-hybridized carbons (Fsp3) is 0.188. The molecular formula is C16H17N5O3. The van der Waals surface area contributed by atoms with Crippen molar-refractivity contribution in [2.24, 2.45) is 5.10 Å². The summed E-state index contributed by atoms with van der Waals surface area (Å²) in [6, 6.07) is 9.70. The first-order valence-corrected chi connectivity index (χ1v) is 7.29. The van der Waals surface area contributed by atoms with Crippen LogP contribution >= 0.6 is 0 Å². The Morgan fingerprint density at radius 3 is 2.75 bits per heavy atom. The van der Waals surface area contributed by atoms with Gasteiger partial charge in [-0.25, -0.2) is 15.3 Å². The number of hydrazone groups is 1. The first kappa shape index (κ1) is 17.1. The molecule has 1 aromatic heterocycles. The monoisotopic (exact) mass is 327 g/mol. The molecule has 0 fully saturated rings. The number of rotatable bonds is 6. The Labute approximate surface area is 137 Å². The van der Waals surface area contributed by atoms with Gasteiger partial charge in [-0.3, -0.25) is 14.6 Å². The van der Waals surface area contributed by atoms with E-state index in [0.717, 1.165) is 5.56 Å². The normalized spacial score (nSPS) is 11.6. The van der Waals surface area contributed by atoms with Gasteiger partial charge in [0.25, 0.3) is 5.56 Å². The van der Waals surface area contributed by atoms with E-state index in [1.165, 1.54) is 0 Å². The van der Waals surface area contributed by atoms with Crippen LogP contribution in [-0.4, -0.2) is 26.8 Å². The minimum Gasteiger partial charge on any atom is -0.273 e. The zero-order valence-corrected chi connectivity index (χ0v) is 13.1. The third-order valence-electron chi connectivity index (χ3n) is 3.04. The second kappa shape index (κ2) is 8.37. The number of nitrogens with zero attached hydrogens (tertiary/aromatic N) is 2. The summed E-state index contributed by atoms with van der Waals surface area (Å²) in [6.07, 6.45) is 3.80. The van der Waals surface area contributed by atoms with Crippen LogP contribution in [0.5, 0.6) is 0 Å². The molecule has 0 saturated heterocycles. The van der Waals surface area contributed by atoms with E-state index in [1.54, 1.807) is 13.0 Å². The standard InChI is InChI=1S/C16H17N5O3/c1-11(7-8-12-5-3-2-4-6-12)18-20-14(22)10-9-13-15(23)17-16(24)21-19-13/h2-8H,9-10H2,1H3,(H,20,22)(H2,17,21,23,24)/b8-7-,18-11+. The van der Waals surface area contributed by atoms with E-state index in [-0.39, 0.29) is 24.4 Å². The summed E-state index contributed by atoms with van der Waals surface area (Å²) in [4.78, 5) is 36.0. The number of carbonyl (C=O) groups excluding carboxylic acids is 1. The fourth-order valence-electron chi connectivity index (χ4n) is 1.80. The zero-order valence-electron chi connectivity index (χ0n) is 13.1. The molecule has 24 heavy (non-hydrogen) atoms. The van der Waals surface area contributed by atoms with Gasteiger partial charge >= 0.3 is 5.69 Å². The molecule has 2 rings (SSSR count). The summed E-state index contributed by atoms with van der Waals surface area (Å²) in [7, 11) is 0. The van der Waals surface area contributed by atoms with Crippen LogP contribution in [0, 0.1) is 0 Å². The van der Waals surface area contributed by atoms with E-state index in [4.69, 9.17) is 0 Å².